The van der Waals surface area contributed by atoms with E-state index in [2.05, 4.69) is 0 Å². The third-order valence-corrected chi connectivity index (χ3v) is 7.75. The maximum absolute atomic E-state index is 13.7. The van der Waals surface area contributed by atoms with Gasteiger partial charge in [0, 0.05) is 0 Å². The van der Waals surface area contributed by atoms with Crippen LogP contribution in [0, 0.1) is 58.2 Å². The first-order chi connectivity index (χ1) is 12.0. The summed E-state index contributed by atoms with van der Waals surface area (Å²) < 4.78 is 133. The zero-order valence-corrected chi connectivity index (χ0v) is 14.3. The molecule has 12 heteroatoms. The lowest BCUT2D eigenvalue weighted by Crippen LogP contribution is -2.21. The molecule has 142 valence electrons. The van der Waals surface area contributed by atoms with Crippen LogP contribution in [0.1, 0.15) is 0 Å². The van der Waals surface area contributed by atoms with E-state index in [9.17, 15) is 43.9 Å². The fourth-order valence-electron chi connectivity index (χ4n) is 1.97. The third kappa shape index (κ3) is 3.41. The van der Waals surface area contributed by atoms with Crippen LogP contribution in [0.15, 0.2) is 0 Å². The Balaban J connectivity index is 2.39. The summed E-state index contributed by atoms with van der Waals surface area (Å²) in [5.41, 5.74) is 0. The molecule has 0 aromatic heterocycles. The monoisotopic (exact) mass is 426 g/mol. The number of rotatable bonds is 4. The van der Waals surface area contributed by atoms with Gasteiger partial charge in [-0.3, -0.25) is 0 Å². The lowest BCUT2D eigenvalue weighted by Gasteiger charge is -2.16. The standard InChI is InChI=1S/C14H6F10P2/c1-26(14-11(23)7(19)4(16)8(20)12(14)24)2-25-13-9(21)5(17)3(15)6(18)10(13)22/h25H,2H2,1H3. The van der Waals surface area contributed by atoms with Gasteiger partial charge in [0.15, 0.2) is 46.5 Å². The van der Waals surface area contributed by atoms with Gasteiger partial charge in [-0.25, -0.2) is 43.9 Å². The summed E-state index contributed by atoms with van der Waals surface area (Å²) in [6, 6.07) is 0. The van der Waals surface area contributed by atoms with Crippen LogP contribution in [-0.2, 0) is 0 Å². The molecule has 2 aromatic carbocycles. The molecular formula is C14H6F10P2. The molecular weight excluding hydrogens is 420 g/mol. The number of hydrogen-bond acceptors (Lipinski definition) is 0. The molecule has 0 saturated carbocycles. The van der Waals surface area contributed by atoms with Crippen molar-refractivity contribution in [3.63, 3.8) is 0 Å². The number of halogens is 10. The van der Waals surface area contributed by atoms with E-state index in [0.717, 1.165) is 6.66 Å². The SMILES string of the molecule is CP(CPc1c(F)c(F)c(F)c(F)c1F)c1c(F)c(F)c(F)c(F)c1F. The first-order valence-corrected chi connectivity index (χ1v) is 9.66. The van der Waals surface area contributed by atoms with Crippen LogP contribution >= 0.6 is 16.5 Å². The first-order valence-electron chi connectivity index (χ1n) is 6.48. The summed E-state index contributed by atoms with van der Waals surface area (Å²) in [5, 5.41) is -2.38. The van der Waals surface area contributed by atoms with Crippen LogP contribution in [0.4, 0.5) is 43.9 Å². The Labute approximate surface area is 142 Å². The molecule has 0 aliphatic rings. The summed E-state index contributed by atoms with van der Waals surface area (Å²) in [5.74, 6) is -22.5. The molecule has 2 aromatic rings. The second-order valence-electron chi connectivity index (χ2n) is 4.90. The number of hydrogen-bond donors (Lipinski definition) is 0. The Bertz CT molecular complexity index is 825. The van der Waals surface area contributed by atoms with Crippen molar-refractivity contribution in [1.82, 2.24) is 0 Å². The zero-order valence-electron chi connectivity index (χ0n) is 12.4. The lowest BCUT2D eigenvalue weighted by atomic mass is 10.3. The van der Waals surface area contributed by atoms with Crippen LogP contribution in [0.2, 0.25) is 0 Å². The molecule has 0 fully saturated rings. The van der Waals surface area contributed by atoms with Crippen LogP contribution in [0.3, 0.4) is 0 Å². The van der Waals surface area contributed by atoms with E-state index in [-0.39, 0.29) is 0 Å². The maximum atomic E-state index is 13.7. The molecule has 2 rings (SSSR count). The molecule has 0 radical (unpaired) electrons. The Hall–Kier alpha value is -1.40. The van der Waals surface area contributed by atoms with Crippen molar-refractivity contribution in [3.05, 3.63) is 58.2 Å². The smallest absolute Gasteiger partial charge is 0.200 e. The molecule has 0 saturated heterocycles. The summed E-state index contributed by atoms with van der Waals surface area (Å²) in [6.45, 7) is 1.05. The molecule has 0 aliphatic carbocycles. The minimum Gasteiger partial charge on any atom is -0.203 e. The molecule has 2 unspecified atom stereocenters. The second kappa shape index (κ2) is 7.69. The average molecular weight is 426 g/mol. The van der Waals surface area contributed by atoms with Crippen molar-refractivity contribution in [3.8, 4) is 0 Å². The normalized spacial score (nSPS) is 13.0. The van der Waals surface area contributed by atoms with Crippen LogP contribution in [0.25, 0.3) is 0 Å². The Kier molecular flexibility index (Phi) is 6.18. The Morgan fingerprint density at radius 2 is 0.846 bits per heavy atom. The third-order valence-electron chi connectivity index (χ3n) is 3.27. The molecule has 0 heterocycles. The van der Waals surface area contributed by atoms with Gasteiger partial charge in [0.1, 0.15) is 0 Å². The van der Waals surface area contributed by atoms with Gasteiger partial charge >= 0.3 is 0 Å². The summed E-state index contributed by atoms with van der Waals surface area (Å²) in [4.78, 5) is 0. The van der Waals surface area contributed by atoms with Crippen LogP contribution in [-0.4, -0.2) is 12.6 Å². The largest absolute Gasteiger partial charge is 0.203 e. The number of benzene rings is 2. The Morgan fingerprint density at radius 1 is 0.538 bits per heavy atom. The van der Waals surface area contributed by atoms with Crippen molar-refractivity contribution in [1.29, 1.82) is 0 Å². The molecule has 26 heavy (non-hydrogen) atoms. The summed E-state index contributed by atoms with van der Waals surface area (Å²) in [7, 11) is -3.35. The predicted octanol–water partition coefficient (Wildman–Crippen LogP) is 4.78. The van der Waals surface area contributed by atoms with Crippen molar-refractivity contribution in [2.75, 3.05) is 12.6 Å². The minimum absolute atomic E-state index is 0.563. The van der Waals surface area contributed by atoms with Gasteiger partial charge in [-0.15, -0.1) is 0 Å². The highest BCUT2D eigenvalue weighted by Gasteiger charge is 2.30. The average Bonchev–Trinajstić information content (AvgIpc) is 2.61. The van der Waals surface area contributed by atoms with E-state index in [1.807, 2.05) is 0 Å². The maximum Gasteiger partial charge on any atom is 0.200 e. The van der Waals surface area contributed by atoms with E-state index in [1.165, 1.54) is 0 Å². The van der Waals surface area contributed by atoms with Gasteiger partial charge in [-0.05, 0) is 12.6 Å². The van der Waals surface area contributed by atoms with Gasteiger partial charge in [0.05, 0.1) is 10.6 Å². The topological polar surface area (TPSA) is 0 Å². The van der Waals surface area contributed by atoms with Gasteiger partial charge in [-0.1, -0.05) is 16.5 Å². The van der Waals surface area contributed by atoms with Crippen molar-refractivity contribution < 1.29 is 43.9 Å². The molecule has 0 bridgehead atoms. The van der Waals surface area contributed by atoms with Gasteiger partial charge in [0.25, 0.3) is 0 Å². The van der Waals surface area contributed by atoms with E-state index in [0.29, 0.717) is 0 Å². The minimum atomic E-state index is -2.37. The molecule has 0 aliphatic heterocycles. The highest BCUT2D eigenvalue weighted by molar-refractivity contribution is 7.74. The molecule has 0 amide bonds. The highest BCUT2D eigenvalue weighted by Crippen LogP contribution is 2.40. The zero-order chi connectivity index (χ0) is 19.9. The molecule has 0 spiro atoms. The van der Waals surface area contributed by atoms with E-state index >= 15 is 0 Å². The van der Waals surface area contributed by atoms with Gasteiger partial charge in [-0.2, -0.15) is 0 Å². The van der Waals surface area contributed by atoms with Crippen LogP contribution in [0.5, 0.6) is 0 Å². The fraction of sp³-hybridized carbons (Fsp3) is 0.143. The van der Waals surface area contributed by atoms with E-state index < -0.39 is 91.2 Å². The van der Waals surface area contributed by atoms with E-state index in [4.69, 9.17) is 0 Å². The van der Waals surface area contributed by atoms with Crippen molar-refractivity contribution >= 4 is 27.1 Å². The van der Waals surface area contributed by atoms with Crippen molar-refractivity contribution in [2.45, 2.75) is 0 Å². The van der Waals surface area contributed by atoms with Gasteiger partial charge in [0.2, 0.25) is 11.6 Å². The lowest BCUT2D eigenvalue weighted by molar-refractivity contribution is 0.384. The first kappa shape index (κ1) is 20.9. The van der Waals surface area contributed by atoms with Crippen LogP contribution < -0.4 is 10.6 Å². The summed E-state index contributed by atoms with van der Waals surface area (Å²) in [6.07, 6.45) is 0. The van der Waals surface area contributed by atoms with Crippen molar-refractivity contribution in [2.24, 2.45) is 0 Å². The molecule has 0 nitrogen and oxygen atoms in total. The highest BCUT2D eigenvalue weighted by atomic mass is 31.2. The second-order valence-corrected chi connectivity index (χ2v) is 8.86. The predicted molar refractivity (Wildman–Crippen MR) is 77.8 cm³/mol. The molecule has 0 N–H and O–H groups in total. The fourth-order valence-corrected chi connectivity index (χ4v) is 5.58. The molecule has 2 atom stereocenters. The van der Waals surface area contributed by atoms with E-state index in [1.54, 1.807) is 0 Å². The quantitative estimate of drug-likeness (QED) is 0.286. The Morgan fingerprint density at radius 3 is 1.23 bits per heavy atom. The summed E-state index contributed by atoms with van der Waals surface area (Å²) >= 11 is 0. The van der Waals surface area contributed by atoms with Gasteiger partial charge < -0.3 is 0 Å².